The van der Waals surface area contributed by atoms with E-state index in [4.69, 9.17) is 0 Å². The van der Waals surface area contributed by atoms with E-state index >= 15 is 0 Å². The third-order valence-electron chi connectivity index (χ3n) is 3.11. The average Bonchev–Trinajstić information content (AvgIpc) is 2.37. The fourth-order valence-corrected chi connectivity index (χ4v) is 4.51. The van der Waals surface area contributed by atoms with Crippen LogP contribution in [0.15, 0.2) is 57.2 Å². The molecule has 19 heavy (non-hydrogen) atoms. The van der Waals surface area contributed by atoms with Crippen molar-refractivity contribution >= 4 is 20.9 Å². The number of benzene rings is 2. The zero-order valence-electron chi connectivity index (χ0n) is 9.74. The van der Waals surface area contributed by atoms with Gasteiger partial charge in [0.2, 0.25) is 0 Å². The van der Waals surface area contributed by atoms with Crippen LogP contribution in [-0.2, 0) is 27.3 Å². The van der Waals surface area contributed by atoms with E-state index in [0.717, 1.165) is 5.56 Å². The zero-order valence-corrected chi connectivity index (χ0v) is 11.4. The second-order valence-corrected chi connectivity index (χ2v) is 7.07. The molecule has 0 saturated carbocycles. The molecule has 2 aromatic rings. The fraction of sp³-hybridized carbons (Fsp3) is 0.0769. The van der Waals surface area contributed by atoms with Gasteiger partial charge in [-0.05, 0) is 29.3 Å². The Balaban J connectivity index is 2.30. The highest BCUT2D eigenvalue weighted by atomic mass is 32.2. The second kappa shape index (κ2) is 4.26. The van der Waals surface area contributed by atoms with Crippen LogP contribution in [0.2, 0.25) is 0 Å². The Hall–Kier alpha value is -1.50. The summed E-state index contributed by atoms with van der Waals surface area (Å²) in [7, 11) is -5.72. The first kappa shape index (κ1) is 12.5. The number of hydrogen-bond acceptors (Lipinski definition) is 3. The van der Waals surface area contributed by atoms with Crippen LogP contribution in [0.25, 0.3) is 0 Å². The van der Waals surface area contributed by atoms with Crippen LogP contribution in [0.1, 0.15) is 11.1 Å². The van der Waals surface area contributed by atoms with Gasteiger partial charge in [-0.3, -0.25) is 4.55 Å². The lowest BCUT2D eigenvalue weighted by Gasteiger charge is -2.20. The first-order chi connectivity index (χ1) is 8.98. The topological polar surface area (TPSA) is 71.4 Å². The minimum Gasteiger partial charge on any atom is -0.282 e. The number of rotatable bonds is 1. The maximum Gasteiger partial charge on any atom is 0.294 e. The lowest BCUT2D eigenvalue weighted by molar-refractivity contribution is 0.482. The quantitative estimate of drug-likeness (QED) is 0.697. The van der Waals surface area contributed by atoms with E-state index in [1.54, 1.807) is 18.2 Å². The molecule has 98 valence electrons. The van der Waals surface area contributed by atoms with Gasteiger partial charge in [0.15, 0.2) is 0 Å². The normalized spacial score (nSPS) is 17.6. The summed E-state index contributed by atoms with van der Waals surface area (Å²) in [5.74, 6) is 0. The highest BCUT2D eigenvalue weighted by Gasteiger charge is 2.27. The van der Waals surface area contributed by atoms with Gasteiger partial charge in [-0.15, -0.1) is 0 Å². The van der Waals surface area contributed by atoms with Gasteiger partial charge in [0.1, 0.15) is 0 Å². The Morgan fingerprint density at radius 3 is 2.42 bits per heavy atom. The van der Waals surface area contributed by atoms with Crippen molar-refractivity contribution in [1.29, 1.82) is 0 Å². The van der Waals surface area contributed by atoms with Crippen molar-refractivity contribution in [3.8, 4) is 0 Å². The van der Waals surface area contributed by atoms with Gasteiger partial charge < -0.3 is 0 Å². The Morgan fingerprint density at radius 1 is 1.00 bits per heavy atom. The van der Waals surface area contributed by atoms with Gasteiger partial charge in [0.05, 0.1) is 15.7 Å². The molecule has 0 radical (unpaired) electrons. The summed E-state index contributed by atoms with van der Waals surface area (Å²) in [4.78, 5) is 0.990. The predicted octanol–water partition coefficient (Wildman–Crippen LogP) is 2.00. The van der Waals surface area contributed by atoms with Crippen molar-refractivity contribution < 1.29 is 17.2 Å². The molecule has 2 aromatic carbocycles. The summed E-state index contributed by atoms with van der Waals surface area (Å²) in [6.07, 6.45) is 0.354. The van der Waals surface area contributed by atoms with Gasteiger partial charge in [0, 0.05) is 16.2 Å². The highest BCUT2D eigenvalue weighted by molar-refractivity contribution is 7.86. The number of hydrogen-bond donors (Lipinski definition) is 1. The van der Waals surface area contributed by atoms with E-state index in [1.165, 1.54) is 12.1 Å². The summed E-state index contributed by atoms with van der Waals surface area (Å²) < 4.78 is 44.4. The van der Waals surface area contributed by atoms with Crippen molar-refractivity contribution in [3.63, 3.8) is 0 Å². The van der Waals surface area contributed by atoms with E-state index in [1.807, 2.05) is 12.1 Å². The molecule has 0 aliphatic carbocycles. The Morgan fingerprint density at radius 2 is 1.68 bits per heavy atom. The van der Waals surface area contributed by atoms with Crippen LogP contribution < -0.4 is 0 Å². The zero-order chi connectivity index (χ0) is 13.6. The molecule has 0 bridgehead atoms. The molecule has 6 heteroatoms. The molecule has 1 atom stereocenters. The SMILES string of the molecule is O=S1c2ccccc2Cc2c1cccc2S(=O)(=O)O. The minimum atomic E-state index is -4.30. The lowest BCUT2D eigenvalue weighted by atomic mass is 10.0. The van der Waals surface area contributed by atoms with Crippen LogP contribution >= 0.6 is 0 Å². The van der Waals surface area contributed by atoms with Gasteiger partial charge in [-0.1, -0.05) is 24.3 Å². The van der Waals surface area contributed by atoms with E-state index in [9.17, 15) is 17.2 Å². The summed E-state index contributed by atoms with van der Waals surface area (Å²) in [6.45, 7) is 0. The van der Waals surface area contributed by atoms with Crippen molar-refractivity contribution in [1.82, 2.24) is 0 Å². The average molecular weight is 294 g/mol. The summed E-state index contributed by atoms with van der Waals surface area (Å²) in [5.41, 5.74) is 1.24. The third kappa shape index (κ3) is 2.01. The number of fused-ring (bicyclic) bond motifs is 2. The minimum absolute atomic E-state index is 0.159. The molecule has 0 saturated heterocycles. The molecule has 0 spiro atoms. The van der Waals surface area contributed by atoms with Gasteiger partial charge in [0.25, 0.3) is 10.1 Å². The largest absolute Gasteiger partial charge is 0.294 e. The maximum absolute atomic E-state index is 12.4. The first-order valence-corrected chi connectivity index (χ1v) is 8.16. The molecule has 1 unspecified atom stereocenters. The molecule has 0 aromatic heterocycles. The highest BCUT2D eigenvalue weighted by Crippen LogP contribution is 2.34. The van der Waals surface area contributed by atoms with Gasteiger partial charge >= 0.3 is 0 Å². The Kier molecular flexibility index (Phi) is 2.81. The Bertz CT molecular complexity index is 794. The standard InChI is InChI=1S/C13H10O4S2/c14-18-11-5-2-1-4-9(11)8-10-12(18)6-3-7-13(10)19(15,16)17/h1-7H,8H2,(H,15,16,17). The van der Waals surface area contributed by atoms with Crippen molar-refractivity contribution in [2.24, 2.45) is 0 Å². The van der Waals surface area contributed by atoms with Crippen molar-refractivity contribution in [2.45, 2.75) is 21.1 Å². The molecular formula is C13H10O4S2. The second-order valence-electron chi connectivity index (χ2n) is 4.26. The van der Waals surface area contributed by atoms with E-state index in [2.05, 4.69) is 0 Å². The van der Waals surface area contributed by atoms with Crippen LogP contribution in [0, 0.1) is 0 Å². The monoisotopic (exact) mass is 294 g/mol. The smallest absolute Gasteiger partial charge is 0.282 e. The van der Waals surface area contributed by atoms with E-state index < -0.39 is 20.9 Å². The van der Waals surface area contributed by atoms with Gasteiger partial charge in [-0.25, -0.2) is 4.21 Å². The lowest BCUT2D eigenvalue weighted by Crippen LogP contribution is -2.13. The third-order valence-corrected chi connectivity index (χ3v) is 5.63. The van der Waals surface area contributed by atoms with Crippen LogP contribution in [0.3, 0.4) is 0 Å². The van der Waals surface area contributed by atoms with E-state index in [-0.39, 0.29) is 4.90 Å². The molecule has 3 rings (SSSR count). The molecule has 1 heterocycles. The summed E-state index contributed by atoms with van der Waals surface area (Å²) >= 11 is 0. The van der Waals surface area contributed by atoms with Crippen molar-refractivity contribution in [2.75, 3.05) is 0 Å². The molecule has 1 N–H and O–H groups in total. The molecule has 1 aliphatic heterocycles. The predicted molar refractivity (Wildman–Crippen MR) is 70.2 cm³/mol. The van der Waals surface area contributed by atoms with Gasteiger partial charge in [-0.2, -0.15) is 8.42 Å². The Labute approximate surface area is 113 Å². The van der Waals surface area contributed by atoms with Crippen LogP contribution in [-0.4, -0.2) is 17.2 Å². The first-order valence-electron chi connectivity index (χ1n) is 5.57. The van der Waals surface area contributed by atoms with Crippen LogP contribution in [0.5, 0.6) is 0 Å². The molecule has 1 aliphatic rings. The summed E-state index contributed by atoms with van der Waals surface area (Å²) in [5, 5.41) is 0. The van der Waals surface area contributed by atoms with Crippen LogP contribution in [0.4, 0.5) is 0 Å². The summed E-state index contributed by atoms with van der Waals surface area (Å²) in [6, 6.07) is 11.7. The fourth-order valence-electron chi connectivity index (χ4n) is 2.27. The van der Waals surface area contributed by atoms with Crippen molar-refractivity contribution in [3.05, 3.63) is 53.6 Å². The molecule has 0 amide bonds. The van der Waals surface area contributed by atoms with E-state index in [0.29, 0.717) is 21.8 Å². The molecular weight excluding hydrogens is 284 g/mol. The molecule has 0 fully saturated rings. The maximum atomic E-state index is 12.4. The molecule has 4 nitrogen and oxygen atoms in total.